The van der Waals surface area contributed by atoms with Crippen LogP contribution in [0.1, 0.15) is 5.56 Å². The fraction of sp³-hybridized carbons (Fsp3) is 0.333. The molecule has 0 heterocycles. The smallest absolute Gasteiger partial charge is 0.283 e. The van der Waals surface area contributed by atoms with Gasteiger partial charge in [0.1, 0.15) is 0 Å². The third-order valence-electron chi connectivity index (χ3n) is 2.45. The molecule has 0 radical (unpaired) electrons. The lowest BCUT2D eigenvalue weighted by Crippen LogP contribution is -2.26. The molecule has 6 heteroatoms. The predicted molar refractivity (Wildman–Crippen MR) is 73.4 cm³/mol. The first-order valence-electron chi connectivity index (χ1n) is 5.46. The molecule has 18 heavy (non-hydrogen) atoms. The van der Waals surface area contributed by atoms with Crippen LogP contribution in [-0.4, -0.2) is 34.6 Å². The highest BCUT2D eigenvalue weighted by atomic mass is 79.9. The monoisotopic (exact) mass is 314 g/mol. The Hall–Kier alpha value is -1.24. The topological polar surface area (TPSA) is 66.6 Å². The van der Waals surface area contributed by atoms with Crippen molar-refractivity contribution in [1.29, 1.82) is 0 Å². The van der Waals surface area contributed by atoms with Crippen molar-refractivity contribution >= 4 is 21.6 Å². The molecule has 0 saturated heterocycles. The van der Waals surface area contributed by atoms with Gasteiger partial charge in [0.25, 0.3) is 5.69 Å². The number of benzene rings is 1. The maximum Gasteiger partial charge on any atom is 0.283 e. The molecule has 0 fully saturated rings. The van der Waals surface area contributed by atoms with Crippen molar-refractivity contribution in [2.45, 2.75) is 6.54 Å². The normalized spacial score (nSPS) is 10.6. The molecule has 1 rings (SSSR count). The number of nitro groups is 1. The van der Waals surface area contributed by atoms with E-state index in [4.69, 9.17) is 5.11 Å². The summed E-state index contributed by atoms with van der Waals surface area (Å²) in [5.74, 6) is 0. The molecule has 0 saturated carbocycles. The molecule has 0 spiro atoms. The first kappa shape index (κ1) is 14.8. The second-order valence-electron chi connectivity index (χ2n) is 3.75. The average Bonchev–Trinajstić information content (AvgIpc) is 2.32. The molecule has 0 aliphatic carbocycles. The lowest BCUT2D eigenvalue weighted by atomic mass is 10.2. The van der Waals surface area contributed by atoms with E-state index in [9.17, 15) is 10.1 Å². The SMILES string of the molecule is C=CCN(CCO)Cc1cccc([N+](=O)[O-])c1Br. The van der Waals surface area contributed by atoms with Gasteiger partial charge in [-0.25, -0.2) is 0 Å². The predicted octanol–water partition coefficient (Wildman–Crippen LogP) is 2.34. The van der Waals surface area contributed by atoms with E-state index in [2.05, 4.69) is 22.5 Å². The van der Waals surface area contributed by atoms with Gasteiger partial charge in [-0.1, -0.05) is 18.2 Å². The summed E-state index contributed by atoms with van der Waals surface area (Å²) in [6.45, 7) is 5.34. The highest BCUT2D eigenvalue weighted by molar-refractivity contribution is 9.10. The molecule has 98 valence electrons. The van der Waals surface area contributed by atoms with E-state index in [0.717, 1.165) is 5.56 Å². The van der Waals surface area contributed by atoms with Gasteiger partial charge < -0.3 is 5.11 Å². The highest BCUT2D eigenvalue weighted by Crippen LogP contribution is 2.29. The Bertz CT molecular complexity index is 437. The maximum absolute atomic E-state index is 10.8. The minimum atomic E-state index is -0.419. The van der Waals surface area contributed by atoms with Crippen molar-refractivity contribution in [3.05, 3.63) is 51.0 Å². The van der Waals surface area contributed by atoms with Gasteiger partial charge in [-0.05, 0) is 21.5 Å². The number of hydrogen-bond acceptors (Lipinski definition) is 4. The molecular formula is C12H15BrN2O3. The third kappa shape index (κ3) is 3.90. The maximum atomic E-state index is 10.8. The molecule has 0 aliphatic heterocycles. The van der Waals surface area contributed by atoms with E-state index in [1.165, 1.54) is 6.07 Å². The molecule has 0 amide bonds. The van der Waals surface area contributed by atoms with Gasteiger partial charge in [0.2, 0.25) is 0 Å². The summed E-state index contributed by atoms with van der Waals surface area (Å²) in [4.78, 5) is 12.4. The van der Waals surface area contributed by atoms with Crippen LogP contribution in [0, 0.1) is 10.1 Å². The van der Waals surface area contributed by atoms with Gasteiger partial charge in [0.15, 0.2) is 0 Å². The van der Waals surface area contributed by atoms with E-state index >= 15 is 0 Å². The van der Waals surface area contributed by atoms with Crippen LogP contribution in [0.25, 0.3) is 0 Å². The van der Waals surface area contributed by atoms with Crippen molar-refractivity contribution in [2.75, 3.05) is 19.7 Å². The van der Waals surface area contributed by atoms with Gasteiger partial charge in [0.05, 0.1) is 16.0 Å². The lowest BCUT2D eigenvalue weighted by molar-refractivity contribution is -0.385. The zero-order valence-corrected chi connectivity index (χ0v) is 11.5. The van der Waals surface area contributed by atoms with Crippen molar-refractivity contribution in [2.24, 2.45) is 0 Å². The molecule has 0 unspecified atom stereocenters. The Kier molecular flexibility index (Phi) is 5.97. The Balaban J connectivity index is 2.91. The number of aliphatic hydroxyl groups is 1. The number of hydrogen-bond donors (Lipinski definition) is 1. The summed E-state index contributed by atoms with van der Waals surface area (Å²) >= 11 is 3.26. The van der Waals surface area contributed by atoms with Crippen LogP contribution in [0.4, 0.5) is 5.69 Å². The standard InChI is InChI=1S/C12H15BrN2O3/c1-2-6-14(7-8-16)9-10-4-3-5-11(12(10)13)15(17)18/h2-5,16H,1,6-9H2. The molecule has 1 N–H and O–H groups in total. The van der Waals surface area contributed by atoms with Crippen molar-refractivity contribution < 1.29 is 10.0 Å². The van der Waals surface area contributed by atoms with E-state index in [1.807, 2.05) is 11.0 Å². The van der Waals surface area contributed by atoms with Crippen molar-refractivity contribution in [3.8, 4) is 0 Å². The number of halogens is 1. The number of nitrogens with zero attached hydrogens (tertiary/aromatic N) is 2. The second-order valence-corrected chi connectivity index (χ2v) is 4.55. The van der Waals surface area contributed by atoms with E-state index in [-0.39, 0.29) is 12.3 Å². The summed E-state index contributed by atoms with van der Waals surface area (Å²) in [6, 6.07) is 4.94. The van der Waals surface area contributed by atoms with Gasteiger partial charge >= 0.3 is 0 Å². The number of aliphatic hydroxyl groups excluding tert-OH is 1. The second kappa shape index (κ2) is 7.25. The fourth-order valence-corrected chi connectivity index (χ4v) is 2.16. The highest BCUT2D eigenvalue weighted by Gasteiger charge is 2.16. The zero-order valence-electron chi connectivity index (χ0n) is 9.88. The molecule has 0 aliphatic rings. The lowest BCUT2D eigenvalue weighted by Gasteiger charge is -2.20. The summed E-state index contributed by atoms with van der Waals surface area (Å²) in [5.41, 5.74) is 0.870. The van der Waals surface area contributed by atoms with Crippen LogP contribution < -0.4 is 0 Å². The van der Waals surface area contributed by atoms with Gasteiger partial charge in [-0.15, -0.1) is 6.58 Å². The zero-order chi connectivity index (χ0) is 13.5. The van der Waals surface area contributed by atoms with Crippen LogP contribution in [0.3, 0.4) is 0 Å². The van der Waals surface area contributed by atoms with Crippen molar-refractivity contribution in [3.63, 3.8) is 0 Å². The van der Waals surface area contributed by atoms with Crippen LogP contribution in [-0.2, 0) is 6.54 Å². The summed E-state index contributed by atoms with van der Waals surface area (Å²) in [5, 5.41) is 19.8. The molecule has 0 atom stereocenters. The molecule has 1 aromatic rings. The Morgan fingerprint density at radius 1 is 1.56 bits per heavy atom. The Morgan fingerprint density at radius 2 is 2.28 bits per heavy atom. The van der Waals surface area contributed by atoms with E-state index in [1.54, 1.807) is 12.1 Å². The summed E-state index contributed by atoms with van der Waals surface area (Å²) in [7, 11) is 0. The molecule has 1 aromatic carbocycles. The summed E-state index contributed by atoms with van der Waals surface area (Å²) in [6.07, 6.45) is 1.74. The molecular weight excluding hydrogens is 300 g/mol. The Morgan fingerprint density at radius 3 is 2.83 bits per heavy atom. The van der Waals surface area contributed by atoms with Gasteiger partial charge in [-0.2, -0.15) is 0 Å². The summed E-state index contributed by atoms with van der Waals surface area (Å²) < 4.78 is 0.488. The largest absolute Gasteiger partial charge is 0.395 e. The average molecular weight is 315 g/mol. The van der Waals surface area contributed by atoms with Gasteiger partial charge in [-0.3, -0.25) is 15.0 Å². The third-order valence-corrected chi connectivity index (χ3v) is 3.37. The first-order chi connectivity index (χ1) is 8.60. The fourth-order valence-electron chi connectivity index (χ4n) is 1.63. The number of rotatable bonds is 7. The molecule has 0 bridgehead atoms. The molecule has 0 aromatic heterocycles. The minimum absolute atomic E-state index is 0.0420. The number of nitro benzene ring substituents is 1. The molecule has 5 nitrogen and oxygen atoms in total. The van der Waals surface area contributed by atoms with Crippen LogP contribution in [0.2, 0.25) is 0 Å². The van der Waals surface area contributed by atoms with Crippen LogP contribution >= 0.6 is 15.9 Å². The first-order valence-corrected chi connectivity index (χ1v) is 6.25. The van der Waals surface area contributed by atoms with Crippen LogP contribution in [0.5, 0.6) is 0 Å². The Labute approximate surface area is 114 Å². The van der Waals surface area contributed by atoms with E-state index < -0.39 is 4.92 Å². The minimum Gasteiger partial charge on any atom is -0.395 e. The van der Waals surface area contributed by atoms with E-state index in [0.29, 0.717) is 24.1 Å². The van der Waals surface area contributed by atoms with Crippen LogP contribution in [0.15, 0.2) is 35.3 Å². The van der Waals surface area contributed by atoms with Crippen molar-refractivity contribution in [1.82, 2.24) is 4.90 Å². The quantitative estimate of drug-likeness (QED) is 0.476. The van der Waals surface area contributed by atoms with Gasteiger partial charge in [0, 0.05) is 25.7 Å².